The third kappa shape index (κ3) is 4.55. The fraction of sp³-hybridized carbons (Fsp3) is 0.208. The second-order valence-corrected chi connectivity index (χ2v) is 7.29. The molecule has 32 heavy (non-hydrogen) atoms. The Morgan fingerprint density at radius 2 is 2.00 bits per heavy atom. The van der Waals surface area contributed by atoms with Crippen molar-refractivity contribution in [3.63, 3.8) is 0 Å². The molecule has 2 aromatic carbocycles. The van der Waals surface area contributed by atoms with E-state index in [9.17, 15) is 9.90 Å². The fourth-order valence-electron chi connectivity index (χ4n) is 3.36. The first-order valence-corrected chi connectivity index (χ1v) is 10.2. The molecule has 0 aliphatic carbocycles. The van der Waals surface area contributed by atoms with E-state index in [1.807, 2.05) is 48.5 Å². The Morgan fingerprint density at radius 1 is 1.19 bits per heavy atom. The Balaban J connectivity index is 1.47. The summed E-state index contributed by atoms with van der Waals surface area (Å²) < 4.78 is 13.9. The van der Waals surface area contributed by atoms with Crippen LogP contribution in [-0.4, -0.2) is 44.5 Å². The summed E-state index contributed by atoms with van der Waals surface area (Å²) in [5.41, 5.74) is 1.80. The molecule has 4 rings (SSSR count). The maximum absolute atomic E-state index is 12.8. The standard InChI is InChI=1S/C24H24N4O4/c1-3-7-17-10-11-21(22(12-17)31-2)32-16-20(29)15-28-24(30)23-18(13-25-28)14-27(26-23)19-8-5-4-6-9-19/h3-6,8-14,20,29H,1,7,15-16H2,2H3. The van der Waals surface area contributed by atoms with E-state index in [-0.39, 0.29) is 24.2 Å². The zero-order valence-corrected chi connectivity index (χ0v) is 17.7. The van der Waals surface area contributed by atoms with Gasteiger partial charge in [-0.05, 0) is 36.2 Å². The van der Waals surface area contributed by atoms with Crippen LogP contribution < -0.4 is 15.0 Å². The molecule has 0 bridgehead atoms. The Bertz CT molecular complexity index is 1280. The van der Waals surface area contributed by atoms with Crippen molar-refractivity contribution in [1.29, 1.82) is 0 Å². The second-order valence-electron chi connectivity index (χ2n) is 7.29. The van der Waals surface area contributed by atoms with Gasteiger partial charge in [-0.1, -0.05) is 30.3 Å². The van der Waals surface area contributed by atoms with Crippen molar-refractivity contribution in [1.82, 2.24) is 19.6 Å². The van der Waals surface area contributed by atoms with Crippen LogP contribution >= 0.6 is 0 Å². The van der Waals surface area contributed by atoms with E-state index in [1.165, 1.54) is 4.68 Å². The van der Waals surface area contributed by atoms with Gasteiger partial charge in [-0.25, -0.2) is 9.36 Å². The quantitative estimate of drug-likeness (QED) is 0.409. The number of ether oxygens (including phenoxy) is 2. The molecule has 0 saturated heterocycles. The van der Waals surface area contributed by atoms with E-state index in [0.29, 0.717) is 16.9 Å². The Hall–Kier alpha value is -3.91. The van der Waals surface area contributed by atoms with E-state index in [1.54, 1.807) is 30.3 Å². The van der Waals surface area contributed by atoms with Gasteiger partial charge < -0.3 is 14.6 Å². The largest absolute Gasteiger partial charge is 0.493 e. The molecule has 0 saturated carbocycles. The molecule has 0 radical (unpaired) electrons. The van der Waals surface area contributed by atoms with Gasteiger partial charge in [-0.15, -0.1) is 6.58 Å². The number of aromatic nitrogens is 4. The molecule has 8 nitrogen and oxygen atoms in total. The van der Waals surface area contributed by atoms with Crippen LogP contribution in [0.5, 0.6) is 11.5 Å². The molecule has 4 aromatic rings. The maximum atomic E-state index is 12.8. The lowest BCUT2D eigenvalue weighted by molar-refractivity contribution is 0.0867. The first kappa shape index (κ1) is 21.3. The lowest BCUT2D eigenvalue weighted by Gasteiger charge is -2.15. The van der Waals surface area contributed by atoms with Crippen LogP contribution in [0.3, 0.4) is 0 Å². The minimum Gasteiger partial charge on any atom is -0.493 e. The molecule has 0 spiro atoms. The van der Waals surface area contributed by atoms with Gasteiger partial charge in [0.25, 0.3) is 5.56 Å². The molecule has 164 valence electrons. The van der Waals surface area contributed by atoms with Gasteiger partial charge >= 0.3 is 0 Å². The highest BCUT2D eigenvalue weighted by Crippen LogP contribution is 2.28. The number of nitrogens with zero attached hydrogens (tertiary/aromatic N) is 4. The Labute approximate surface area is 185 Å². The van der Waals surface area contributed by atoms with Gasteiger partial charge in [-0.3, -0.25) is 4.79 Å². The molecule has 2 aromatic heterocycles. The van der Waals surface area contributed by atoms with Gasteiger partial charge in [0.1, 0.15) is 12.7 Å². The van der Waals surface area contributed by atoms with Crippen LogP contribution in [0.25, 0.3) is 16.6 Å². The van der Waals surface area contributed by atoms with Crippen LogP contribution in [0, 0.1) is 0 Å². The minimum atomic E-state index is -0.952. The summed E-state index contributed by atoms with van der Waals surface area (Å²) in [5.74, 6) is 1.08. The molecule has 1 N–H and O–H groups in total. The minimum absolute atomic E-state index is 0.0240. The maximum Gasteiger partial charge on any atom is 0.295 e. The molecule has 0 fully saturated rings. The summed E-state index contributed by atoms with van der Waals surface area (Å²) in [6.07, 6.45) is 4.90. The normalized spacial score (nSPS) is 11.9. The zero-order valence-electron chi connectivity index (χ0n) is 17.7. The van der Waals surface area contributed by atoms with Crippen LogP contribution in [0.15, 0.2) is 78.4 Å². The summed E-state index contributed by atoms with van der Waals surface area (Å²) >= 11 is 0. The molecular weight excluding hydrogens is 408 g/mol. The monoisotopic (exact) mass is 432 g/mol. The van der Waals surface area contributed by atoms with Crippen molar-refractivity contribution in [3.05, 3.63) is 89.5 Å². The summed E-state index contributed by atoms with van der Waals surface area (Å²) in [5, 5.41) is 19.6. The van der Waals surface area contributed by atoms with Crippen LogP contribution in [-0.2, 0) is 13.0 Å². The number of aliphatic hydroxyl groups excluding tert-OH is 1. The average Bonchev–Trinajstić information content (AvgIpc) is 3.26. The summed E-state index contributed by atoms with van der Waals surface area (Å²) in [4.78, 5) is 12.8. The van der Waals surface area contributed by atoms with Gasteiger partial charge in [0, 0.05) is 11.6 Å². The number of hydrogen-bond donors (Lipinski definition) is 1. The SMILES string of the molecule is C=CCc1ccc(OCC(O)Cn2ncc3cn(-c4ccccc4)nc3c2=O)c(OC)c1. The number of hydrogen-bond acceptors (Lipinski definition) is 6. The lowest BCUT2D eigenvalue weighted by atomic mass is 10.1. The molecule has 0 amide bonds. The summed E-state index contributed by atoms with van der Waals surface area (Å²) in [6, 6.07) is 15.1. The zero-order chi connectivity index (χ0) is 22.5. The van der Waals surface area contributed by atoms with Gasteiger partial charge in [0.2, 0.25) is 0 Å². The van der Waals surface area contributed by atoms with Crippen molar-refractivity contribution >= 4 is 10.9 Å². The van der Waals surface area contributed by atoms with Crippen molar-refractivity contribution in [2.24, 2.45) is 0 Å². The molecular formula is C24H24N4O4. The third-order valence-electron chi connectivity index (χ3n) is 4.96. The number of allylic oxidation sites excluding steroid dienone is 1. The predicted molar refractivity (Wildman–Crippen MR) is 122 cm³/mol. The first-order valence-electron chi connectivity index (χ1n) is 10.2. The summed E-state index contributed by atoms with van der Waals surface area (Å²) in [7, 11) is 1.56. The molecule has 0 aliphatic heterocycles. The van der Waals surface area contributed by atoms with E-state index in [0.717, 1.165) is 17.7 Å². The first-order chi connectivity index (χ1) is 15.6. The van der Waals surface area contributed by atoms with Crippen LogP contribution in [0.1, 0.15) is 5.56 Å². The number of benzene rings is 2. The van der Waals surface area contributed by atoms with Crippen LogP contribution in [0.2, 0.25) is 0 Å². The van der Waals surface area contributed by atoms with E-state index >= 15 is 0 Å². The lowest BCUT2D eigenvalue weighted by Crippen LogP contribution is -2.32. The molecule has 0 aliphatic rings. The van der Waals surface area contributed by atoms with E-state index < -0.39 is 6.10 Å². The highest BCUT2D eigenvalue weighted by atomic mass is 16.5. The number of fused-ring (bicyclic) bond motifs is 1. The van der Waals surface area contributed by atoms with Gasteiger partial charge in [0.15, 0.2) is 17.0 Å². The number of aliphatic hydroxyl groups is 1. The fourth-order valence-corrected chi connectivity index (χ4v) is 3.36. The molecule has 1 unspecified atom stereocenters. The summed E-state index contributed by atoms with van der Waals surface area (Å²) in [6.45, 7) is 3.68. The highest BCUT2D eigenvalue weighted by Gasteiger charge is 2.14. The second kappa shape index (κ2) is 9.49. The van der Waals surface area contributed by atoms with Gasteiger partial charge in [0.05, 0.1) is 25.5 Å². The Morgan fingerprint density at radius 3 is 2.75 bits per heavy atom. The number of methoxy groups -OCH3 is 1. The number of rotatable bonds is 9. The average molecular weight is 432 g/mol. The third-order valence-corrected chi connectivity index (χ3v) is 4.96. The van der Waals surface area contributed by atoms with Crippen molar-refractivity contribution < 1.29 is 14.6 Å². The highest BCUT2D eigenvalue weighted by molar-refractivity contribution is 5.76. The van der Waals surface area contributed by atoms with Crippen molar-refractivity contribution in [3.8, 4) is 17.2 Å². The van der Waals surface area contributed by atoms with Crippen LogP contribution in [0.4, 0.5) is 0 Å². The Kier molecular flexibility index (Phi) is 6.32. The van der Waals surface area contributed by atoms with Gasteiger partial charge in [-0.2, -0.15) is 10.2 Å². The van der Waals surface area contributed by atoms with E-state index in [4.69, 9.17) is 9.47 Å². The van der Waals surface area contributed by atoms with Crippen molar-refractivity contribution in [2.75, 3.05) is 13.7 Å². The molecule has 8 heteroatoms. The topological polar surface area (TPSA) is 91.4 Å². The molecule has 1 atom stereocenters. The van der Waals surface area contributed by atoms with Crippen molar-refractivity contribution in [2.45, 2.75) is 19.1 Å². The predicted octanol–water partition coefficient (Wildman–Crippen LogP) is 2.76. The number of para-hydroxylation sites is 1. The smallest absolute Gasteiger partial charge is 0.295 e. The molecule has 2 heterocycles. The van der Waals surface area contributed by atoms with E-state index in [2.05, 4.69) is 16.8 Å².